The third kappa shape index (κ3) is 3.90. The molecule has 7 nitrogen and oxygen atoms in total. The third-order valence-electron chi connectivity index (χ3n) is 4.62. The highest BCUT2D eigenvalue weighted by Crippen LogP contribution is 2.28. The minimum Gasteiger partial charge on any atom is -0.336 e. The first kappa shape index (κ1) is 20.7. The van der Waals surface area contributed by atoms with E-state index in [-0.39, 0.29) is 11.5 Å². The van der Waals surface area contributed by atoms with Gasteiger partial charge in [0.15, 0.2) is 5.16 Å². The Morgan fingerprint density at radius 3 is 2.63 bits per heavy atom. The SMILES string of the molecule is C[C@H](Sc1nc2cc(Cl)ccc2c(=O)n1-c1cccc(Cl)c1)C(=O)N1CCNC1=O. The van der Waals surface area contributed by atoms with Crippen LogP contribution in [0.3, 0.4) is 0 Å². The fraction of sp³-hybridized carbons (Fsp3) is 0.200. The molecule has 10 heteroatoms. The molecule has 1 N–H and O–H groups in total. The Bertz CT molecular complexity index is 1230. The maximum atomic E-state index is 13.3. The van der Waals surface area contributed by atoms with Crippen LogP contribution in [0.5, 0.6) is 0 Å². The van der Waals surface area contributed by atoms with Gasteiger partial charge in [0.25, 0.3) is 5.56 Å². The lowest BCUT2D eigenvalue weighted by atomic mass is 10.2. The van der Waals surface area contributed by atoms with Gasteiger partial charge >= 0.3 is 6.03 Å². The smallest absolute Gasteiger partial charge is 0.324 e. The fourth-order valence-electron chi connectivity index (χ4n) is 3.17. The monoisotopic (exact) mass is 462 g/mol. The van der Waals surface area contributed by atoms with Gasteiger partial charge in [-0.05, 0) is 43.3 Å². The van der Waals surface area contributed by atoms with Crippen molar-refractivity contribution in [3.63, 3.8) is 0 Å². The third-order valence-corrected chi connectivity index (χ3v) is 6.13. The molecule has 3 amide bonds. The maximum Gasteiger partial charge on any atom is 0.324 e. The van der Waals surface area contributed by atoms with Crippen LogP contribution in [-0.4, -0.2) is 44.7 Å². The Kier molecular flexibility index (Phi) is 5.73. The number of fused-ring (bicyclic) bond motifs is 1. The zero-order valence-electron chi connectivity index (χ0n) is 15.8. The Hall–Kier alpha value is -2.55. The van der Waals surface area contributed by atoms with Crippen molar-refractivity contribution in [3.8, 4) is 5.69 Å². The van der Waals surface area contributed by atoms with Crippen molar-refractivity contribution in [2.45, 2.75) is 17.3 Å². The fourth-order valence-corrected chi connectivity index (χ4v) is 4.51. The lowest BCUT2D eigenvalue weighted by Gasteiger charge is -2.19. The lowest BCUT2D eigenvalue weighted by Crippen LogP contribution is -2.39. The topological polar surface area (TPSA) is 84.3 Å². The number of urea groups is 1. The molecule has 1 saturated heterocycles. The number of hydrogen-bond acceptors (Lipinski definition) is 5. The summed E-state index contributed by atoms with van der Waals surface area (Å²) < 4.78 is 1.42. The van der Waals surface area contributed by atoms with E-state index in [0.29, 0.717) is 44.9 Å². The normalized spacial score (nSPS) is 14.8. The molecule has 0 unspecified atom stereocenters. The van der Waals surface area contributed by atoms with Crippen LogP contribution >= 0.6 is 35.0 Å². The highest BCUT2D eigenvalue weighted by Gasteiger charge is 2.31. The van der Waals surface area contributed by atoms with Gasteiger partial charge in [-0.2, -0.15) is 0 Å². The Morgan fingerprint density at radius 2 is 1.93 bits per heavy atom. The molecule has 1 fully saturated rings. The van der Waals surface area contributed by atoms with E-state index >= 15 is 0 Å². The van der Waals surface area contributed by atoms with Crippen LogP contribution in [0, 0.1) is 0 Å². The highest BCUT2D eigenvalue weighted by molar-refractivity contribution is 8.00. The number of nitrogens with zero attached hydrogens (tertiary/aromatic N) is 3. The van der Waals surface area contributed by atoms with Crippen LogP contribution in [0.4, 0.5) is 4.79 Å². The van der Waals surface area contributed by atoms with Crippen LogP contribution in [0.2, 0.25) is 10.0 Å². The van der Waals surface area contributed by atoms with Crippen LogP contribution < -0.4 is 10.9 Å². The summed E-state index contributed by atoms with van der Waals surface area (Å²) in [5.74, 6) is -0.354. The molecule has 0 saturated carbocycles. The van der Waals surface area contributed by atoms with Gasteiger partial charge in [0.05, 0.1) is 21.8 Å². The van der Waals surface area contributed by atoms with Gasteiger partial charge in [0.1, 0.15) is 0 Å². The number of nitrogens with one attached hydrogen (secondary N) is 1. The predicted molar refractivity (Wildman–Crippen MR) is 118 cm³/mol. The van der Waals surface area contributed by atoms with Crippen molar-refractivity contribution < 1.29 is 9.59 Å². The molecule has 2 aromatic carbocycles. The number of hydrogen-bond donors (Lipinski definition) is 1. The largest absolute Gasteiger partial charge is 0.336 e. The molecule has 1 aliphatic rings. The van der Waals surface area contributed by atoms with Gasteiger partial charge in [-0.3, -0.25) is 19.1 Å². The van der Waals surface area contributed by atoms with Crippen LogP contribution in [0.1, 0.15) is 6.92 Å². The van der Waals surface area contributed by atoms with Crippen molar-refractivity contribution in [1.29, 1.82) is 0 Å². The van der Waals surface area contributed by atoms with E-state index in [1.165, 1.54) is 4.57 Å². The van der Waals surface area contributed by atoms with Crippen molar-refractivity contribution in [3.05, 3.63) is 62.9 Å². The first-order valence-electron chi connectivity index (χ1n) is 9.09. The summed E-state index contributed by atoms with van der Waals surface area (Å²) in [6.45, 7) is 2.40. The molecular weight excluding hydrogens is 447 g/mol. The van der Waals surface area contributed by atoms with E-state index < -0.39 is 11.3 Å². The summed E-state index contributed by atoms with van der Waals surface area (Å²) in [6.07, 6.45) is 0. The maximum absolute atomic E-state index is 13.3. The molecule has 0 spiro atoms. The number of rotatable bonds is 4. The second-order valence-corrected chi connectivity index (χ2v) is 8.84. The Labute approximate surface area is 186 Å². The van der Waals surface area contributed by atoms with Crippen LogP contribution in [0.25, 0.3) is 16.6 Å². The minimum atomic E-state index is -0.650. The van der Waals surface area contributed by atoms with Gasteiger partial charge in [-0.25, -0.2) is 9.78 Å². The molecule has 1 aromatic heterocycles. The lowest BCUT2D eigenvalue weighted by molar-refractivity contribution is -0.126. The zero-order valence-corrected chi connectivity index (χ0v) is 18.1. The number of benzene rings is 2. The predicted octanol–water partition coefficient (Wildman–Crippen LogP) is 3.72. The van der Waals surface area contributed by atoms with Crippen molar-refractivity contribution in [2.75, 3.05) is 13.1 Å². The summed E-state index contributed by atoms with van der Waals surface area (Å²) >= 11 is 13.3. The molecule has 0 bridgehead atoms. The number of amides is 3. The van der Waals surface area contributed by atoms with Gasteiger partial charge < -0.3 is 5.32 Å². The van der Waals surface area contributed by atoms with Crippen LogP contribution in [0.15, 0.2) is 52.4 Å². The van der Waals surface area contributed by atoms with E-state index in [9.17, 15) is 14.4 Å². The summed E-state index contributed by atoms with van der Waals surface area (Å²) in [6, 6.07) is 11.2. The number of halogens is 2. The van der Waals surface area contributed by atoms with Gasteiger partial charge in [0.2, 0.25) is 5.91 Å². The molecule has 4 rings (SSSR count). The van der Waals surface area contributed by atoms with E-state index in [4.69, 9.17) is 23.2 Å². The second-order valence-electron chi connectivity index (χ2n) is 6.66. The van der Waals surface area contributed by atoms with Gasteiger partial charge in [0, 0.05) is 23.1 Å². The number of carbonyl (C=O) groups is 2. The van der Waals surface area contributed by atoms with Crippen molar-refractivity contribution in [2.24, 2.45) is 0 Å². The summed E-state index contributed by atoms with van der Waals surface area (Å²) in [5, 5.41) is 3.56. The molecule has 1 aliphatic heterocycles. The molecule has 3 aromatic rings. The molecule has 154 valence electrons. The summed E-state index contributed by atoms with van der Waals surface area (Å²) in [5.41, 5.74) is 0.643. The van der Waals surface area contributed by atoms with Crippen molar-refractivity contribution in [1.82, 2.24) is 19.8 Å². The van der Waals surface area contributed by atoms with Gasteiger partial charge in [-0.1, -0.05) is 41.0 Å². The summed E-state index contributed by atoms with van der Waals surface area (Å²) in [4.78, 5) is 43.7. The number of thioether (sulfide) groups is 1. The second kappa shape index (κ2) is 8.29. The molecule has 30 heavy (non-hydrogen) atoms. The number of aromatic nitrogens is 2. The first-order chi connectivity index (χ1) is 14.3. The molecule has 0 aliphatic carbocycles. The average molecular weight is 463 g/mol. The first-order valence-corrected chi connectivity index (χ1v) is 10.7. The van der Waals surface area contributed by atoms with E-state index in [2.05, 4.69) is 10.3 Å². The van der Waals surface area contributed by atoms with Crippen LogP contribution in [-0.2, 0) is 4.79 Å². The standard InChI is InChI=1S/C20H16Cl2N4O3S/c1-11(17(27)25-8-7-23-19(25)29)30-20-24-16-10-13(22)5-6-15(16)18(28)26(20)14-4-2-3-12(21)9-14/h2-6,9-11H,7-8H2,1H3,(H,23,29)/t11-/m0/s1. The Balaban J connectivity index is 1.82. The zero-order chi connectivity index (χ0) is 21.4. The number of carbonyl (C=O) groups excluding carboxylic acids is 2. The molecule has 1 atom stereocenters. The van der Waals surface area contributed by atoms with Gasteiger partial charge in [-0.15, -0.1) is 0 Å². The van der Waals surface area contributed by atoms with E-state index in [0.717, 1.165) is 16.7 Å². The van der Waals surface area contributed by atoms with E-state index in [1.807, 2.05) is 0 Å². The Morgan fingerprint density at radius 1 is 1.17 bits per heavy atom. The average Bonchev–Trinajstić information content (AvgIpc) is 3.13. The van der Waals surface area contributed by atoms with E-state index in [1.54, 1.807) is 49.4 Å². The minimum absolute atomic E-state index is 0.303. The highest BCUT2D eigenvalue weighted by atomic mass is 35.5. The molecule has 2 heterocycles. The summed E-state index contributed by atoms with van der Waals surface area (Å²) in [7, 11) is 0. The van der Waals surface area contributed by atoms with Crippen molar-refractivity contribution >= 4 is 57.8 Å². The quantitative estimate of drug-likeness (QED) is 0.471. The number of imide groups is 1. The molecular formula is C20H16Cl2N4O3S. The molecule has 0 radical (unpaired) electrons.